The maximum atomic E-state index is 13.1. The Morgan fingerprint density at radius 1 is 1.00 bits per heavy atom. The largest absolute Gasteiger partial charge is 0.323 e. The molecule has 2 aromatic rings. The maximum Gasteiger partial charge on any atom is 0.320 e. The molecule has 4 heterocycles. The molecule has 2 amide bonds. The Morgan fingerprint density at radius 3 is 2.18 bits per heavy atom. The van der Waals surface area contributed by atoms with Crippen LogP contribution in [0.4, 0.5) is 13.6 Å². The van der Waals surface area contributed by atoms with E-state index in [1.807, 2.05) is 9.80 Å². The Balaban J connectivity index is 0.832. The van der Waals surface area contributed by atoms with Crippen molar-refractivity contribution in [3.05, 3.63) is 35.7 Å². The SMILES string of the molecule is CS(=O)(=O)c1ccc(CC2CC3(C2)CN(C(=O)N2CC4(CC(c5n[nH]c(C6CC(F)(F)C6)n5)C4)C2)C3)nc1. The number of carbonyl (C=O) groups is 1. The molecule has 2 aliphatic heterocycles. The molecule has 0 bridgehead atoms. The lowest BCUT2D eigenvalue weighted by molar-refractivity contribution is -0.101. The summed E-state index contributed by atoms with van der Waals surface area (Å²) in [6.45, 7) is 3.18. The van der Waals surface area contributed by atoms with Crippen LogP contribution in [0.1, 0.15) is 67.7 Å². The molecule has 2 saturated heterocycles. The summed E-state index contributed by atoms with van der Waals surface area (Å²) in [6, 6.07) is 3.57. The van der Waals surface area contributed by atoms with E-state index in [0.717, 1.165) is 69.8 Å². The number of amides is 2. The number of pyridine rings is 1. The zero-order valence-corrected chi connectivity index (χ0v) is 22.2. The van der Waals surface area contributed by atoms with Crippen LogP contribution >= 0.6 is 0 Å². The van der Waals surface area contributed by atoms with E-state index in [1.54, 1.807) is 12.1 Å². The fraction of sp³-hybridized carbons (Fsp3) is 0.692. The molecule has 38 heavy (non-hydrogen) atoms. The predicted molar refractivity (Wildman–Crippen MR) is 132 cm³/mol. The minimum atomic E-state index is -3.23. The minimum Gasteiger partial charge on any atom is -0.323 e. The summed E-state index contributed by atoms with van der Waals surface area (Å²) < 4.78 is 49.5. The molecule has 0 radical (unpaired) electrons. The third-order valence-corrected chi connectivity index (χ3v) is 10.6. The third kappa shape index (κ3) is 4.10. The first-order valence-electron chi connectivity index (χ1n) is 13.4. The van der Waals surface area contributed by atoms with Gasteiger partial charge in [0.05, 0.1) is 4.90 Å². The smallest absolute Gasteiger partial charge is 0.320 e. The van der Waals surface area contributed by atoms with E-state index in [9.17, 15) is 22.0 Å². The number of aromatic nitrogens is 4. The zero-order chi connectivity index (χ0) is 26.5. The number of alkyl halides is 2. The molecule has 12 heteroatoms. The van der Waals surface area contributed by atoms with E-state index in [1.165, 1.54) is 12.5 Å². The highest BCUT2D eigenvalue weighted by Crippen LogP contribution is 2.57. The molecule has 0 unspecified atom stereocenters. The second kappa shape index (κ2) is 7.95. The standard InChI is InChI=1S/C26H32F2N6O3S/c1-38(36,37)20-3-2-19(29-11-20)4-16-5-24(6-16)12-33(13-24)23(35)34-14-25(15-34)7-17(8-25)21-30-22(32-31-21)18-9-26(27,28)10-18/h2-3,11,16-18H,4-10,12-15H2,1H3,(H,30,31,32). The highest BCUT2D eigenvalue weighted by atomic mass is 32.2. The fourth-order valence-electron chi connectivity index (χ4n) is 7.55. The first-order valence-corrected chi connectivity index (χ1v) is 15.3. The van der Waals surface area contributed by atoms with E-state index >= 15 is 0 Å². The Bertz CT molecular complexity index is 1360. The van der Waals surface area contributed by atoms with Crippen molar-refractivity contribution in [1.29, 1.82) is 0 Å². The molecule has 0 atom stereocenters. The van der Waals surface area contributed by atoms with E-state index in [0.29, 0.717) is 11.7 Å². The van der Waals surface area contributed by atoms with Crippen LogP contribution in [0.3, 0.4) is 0 Å². The van der Waals surface area contributed by atoms with Crippen LogP contribution < -0.4 is 0 Å². The number of halogens is 2. The van der Waals surface area contributed by atoms with Crippen molar-refractivity contribution < 1.29 is 22.0 Å². The maximum absolute atomic E-state index is 13.1. The summed E-state index contributed by atoms with van der Waals surface area (Å²) in [5.41, 5.74) is 1.32. The van der Waals surface area contributed by atoms with Crippen LogP contribution in [0.2, 0.25) is 0 Å². The summed E-state index contributed by atoms with van der Waals surface area (Å²) in [5.74, 6) is -0.689. The number of likely N-dealkylation sites (tertiary alicyclic amines) is 2. The molecule has 5 aliphatic rings. The van der Waals surface area contributed by atoms with Gasteiger partial charge in [0.2, 0.25) is 5.92 Å². The Labute approximate surface area is 220 Å². The summed E-state index contributed by atoms with van der Waals surface area (Å²) in [7, 11) is -3.23. The van der Waals surface area contributed by atoms with Gasteiger partial charge in [-0.05, 0) is 50.2 Å². The first-order chi connectivity index (χ1) is 17.9. The summed E-state index contributed by atoms with van der Waals surface area (Å²) in [6.07, 6.45) is 7.21. The van der Waals surface area contributed by atoms with Crippen molar-refractivity contribution in [1.82, 2.24) is 30.0 Å². The van der Waals surface area contributed by atoms with Gasteiger partial charge in [-0.1, -0.05) is 0 Å². The van der Waals surface area contributed by atoms with Crippen molar-refractivity contribution in [3.8, 4) is 0 Å². The summed E-state index contributed by atoms with van der Waals surface area (Å²) in [4.78, 5) is 26.0. The second-order valence-electron chi connectivity index (χ2n) is 12.9. The molecule has 5 fully saturated rings. The lowest BCUT2D eigenvalue weighted by Gasteiger charge is -2.63. The van der Waals surface area contributed by atoms with Gasteiger partial charge >= 0.3 is 6.03 Å². The quantitative estimate of drug-likeness (QED) is 0.616. The molecule has 2 aromatic heterocycles. The number of aromatic amines is 1. The highest BCUT2D eigenvalue weighted by Gasteiger charge is 2.59. The van der Waals surface area contributed by atoms with Crippen molar-refractivity contribution in [2.45, 2.75) is 67.6 Å². The highest BCUT2D eigenvalue weighted by molar-refractivity contribution is 7.90. The van der Waals surface area contributed by atoms with Crippen LogP contribution in [0.15, 0.2) is 23.2 Å². The number of urea groups is 1. The van der Waals surface area contributed by atoms with Gasteiger partial charge in [-0.15, -0.1) is 0 Å². The van der Waals surface area contributed by atoms with Crippen molar-refractivity contribution in [3.63, 3.8) is 0 Å². The van der Waals surface area contributed by atoms with Gasteiger partial charge in [0, 0.05) is 79.8 Å². The lowest BCUT2D eigenvalue weighted by Crippen LogP contribution is -2.71. The Morgan fingerprint density at radius 2 is 1.63 bits per heavy atom. The number of nitrogens with zero attached hydrogens (tertiary/aromatic N) is 5. The summed E-state index contributed by atoms with van der Waals surface area (Å²) >= 11 is 0. The topological polar surface area (TPSA) is 112 Å². The zero-order valence-electron chi connectivity index (χ0n) is 21.4. The molecular formula is C26H32F2N6O3S. The number of hydrogen-bond acceptors (Lipinski definition) is 6. The van der Waals surface area contributed by atoms with Gasteiger partial charge in [0.25, 0.3) is 0 Å². The van der Waals surface area contributed by atoms with E-state index in [2.05, 4.69) is 20.2 Å². The van der Waals surface area contributed by atoms with Gasteiger partial charge in [-0.2, -0.15) is 5.10 Å². The fourth-order valence-corrected chi connectivity index (χ4v) is 8.11. The molecule has 3 saturated carbocycles. The average Bonchev–Trinajstić information content (AvgIpc) is 3.19. The molecule has 0 aromatic carbocycles. The molecule has 1 N–H and O–H groups in total. The van der Waals surface area contributed by atoms with Gasteiger partial charge in [-0.3, -0.25) is 10.1 Å². The number of hydrogen-bond donors (Lipinski definition) is 1. The van der Waals surface area contributed by atoms with Crippen molar-refractivity contribution >= 4 is 15.9 Å². The monoisotopic (exact) mass is 546 g/mol. The minimum absolute atomic E-state index is 0.136. The van der Waals surface area contributed by atoms with Gasteiger partial charge < -0.3 is 9.80 Å². The summed E-state index contributed by atoms with van der Waals surface area (Å²) in [5, 5.41) is 7.16. The van der Waals surface area contributed by atoms with E-state index < -0.39 is 15.8 Å². The molecule has 9 nitrogen and oxygen atoms in total. The first kappa shape index (κ1) is 24.4. The van der Waals surface area contributed by atoms with Crippen LogP contribution in [0, 0.1) is 16.7 Å². The number of carbonyl (C=O) groups excluding carboxylic acids is 1. The number of nitrogens with one attached hydrogen (secondary N) is 1. The average molecular weight is 547 g/mol. The van der Waals surface area contributed by atoms with Gasteiger partial charge in [0.1, 0.15) is 5.82 Å². The van der Waals surface area contributed by atoms with Crippen LogP contribution in [0.5, 0.6) is 0 Å². The van der Waals surface area contributed by atoms with Crippen LogP contribution in [-0.2, 0) is 16.3 Å². The second-order valence-corrected chi connectivity index (χ2v) is 14.9. The molecule has 204 valence electrons. The van der Waals surface area contributed by atoms with Crippen LogP contribution in [0.25, 0.3) is 0 Å². The van der Waals surface area contributed by atoms with E-state index in [4.69, 9.17) is 0 Å². The van der Waals surface area contributed by atoms with Crippen molar-refractivity contribution in [2.75, 3.05) is 32.4 Å². The lowest BCUT2D eigenvalue weighted by atomic mass is 9.56. The Kier molecular flexibility index (Phi) is 5.11. The molecule has 7 rings (SSSR count). The third-order valence-electron chi connectivity index (χ3n) is 9.53. The molecular weight excluding hydrogens is 514 g/mol. The number of sulfone groups is 1. The molecule has 2 spiro atoms. The van der Waals surface area contributed by atoms with Gasteiger partial charge in [-0.25, -0.2) is 27.0 Å². The molecule has 3 aliphatic carbocycles. The van der Waals surface area contributed by atoms with Crippen molar-refractivity contribution in [2.24, 2.45) is 16.7 Å². The van der Waals surface area contributed by atoms with E-state index in [-0.39, 0.29) is 46.4 Å². The van der Waals surface area contributed by atoms with Crippen LogP contribution in [-0.4, -0.2) is 82.8 Å². The Hall–Kier alpha value is -2.63. The number of H-pyrrole nitrogens is 1. The number of rotatable bonds is 5. The predicted octanol–water partition coefficient (Wildman–Crippen LogP) is 3.37. The normalized spacial score (nSPS) is 25.9. The van der Waals surface area contributed by atoms with Gasteiger partial charge in [0.15, 0.2) is 15.7 Å².